The number of benzene rings is 2. The van der Waals surface area contributed by atoms with Crippen LogP contribution in [0.5, 0.6) is 0 Å². The number of carbonyl (C=O) groups excluding carboxylic acids is 1. The van der Waals surface area contributed by atoms with Crippen molar-refractivity contribution in [3.63, 3.8) is 0 Å². The molecule has 0 N–H and O–H groups in total. The van der Waals surface area contributed by atoms with Crippen LogP contribution >= 0.6 is 0 Å². The van der Waals surface area contributed by atoms with Crippen LogP contribution in [0.25, 0.3) is 11.1 Å². The van der Waals surface area contributed by atoms with Crippen molar-refractivity contribution in [2.45, 2.75) is 59.8 Å². The number of ether oxygens (including phenoxy) is 2. The van der Waals surface area contributed by atoms with Crippen molar-refractivity contribution < 1.29 is 14.3 Å². The Kier molecular flexibility index (Phi) is 11.6. The zero-order valence-electron chi connectivity index (χ0n) is 25.2. The molecule has 1 aliphatic rings. The number of aliphatic imine (C=N–C) groups is 1. The Morgan fingerprint density at radius 2 is 1.75 bits per heavy atom. The smallest absolute Gasteiger partial charge is 0.305 e. The first-order valence-corrected chi connectivity index (χ1v) is 14.1. The fourth-order valence-corrected chi connectivity index (χ4v) is 4.61. The molecule has 0 heterocycles. The van der Waals surface area contributed by atoms with E-state index in [0.717, 1.165) is 42.1 Å². The zero-order chi connectivity index (χ0) is 29.1. The van der Waals surface area contributed by atoms with E-state index >= 15 is 0 Å². The van der Waals surface area contributed by atoms with E-state index in [1.165, 1.54) is 40.5 Å². The van der Waals surface area contributed by atoms with E-state index in [1.807, 2.05) is 21.0 Å². The Labute approximate surface area is 240 Å². The summed E-state index contributed by atoms with van der Waals surface area (Å²) in [5, 5.41) is 0. The van der Waals surface area contributed by atoms with Crippen LogP contribution in [-0.2, 0) is 14.3 Å². The average molecular weight is 541 g/mol. The molecule has 2 aromatic carbocycles. The molecule has 0 saturated heterocycles. The monoisotopic (exact) mass is 540 g/mol. The number of nitrogens with zero attached hydrogens (tertiary/aromatic N) is 2. The van der Waals surface area contributed by atoms with E-state index in [-0.39, 0.29) is 5.97 Å². The minimum absolute atomic E-state index is 0.183. The van der Waals surface area contributed by atoms with Gasteiger partial charge in [0.25, 0.3) is 0 Å². The summed E-state index contributed by atoms with van der Waals surface area (Å²) in [4.78, 5) is 18.6. The Hall–Kier alpha value is -3.86. The van der Waals surface area contributed by atoms with Gasteiger partial charge in [0.15, 0.2) is 0 Å². The highest BCUT2D eigenvalue weighted by Gasteiger charge is 2.11. The van der Waals surface area contributed by atoms with E-state index in [0.29, 0.717) is 19.4 Å². The number of rotatable bonds is 11. The van der Waals surface area contributed by atoms with Crippen LogP contribution in [0.4, 0.5) is 0 Å². The lowest BCUT2D eigenvalue weighted by Crippen LogP contribution is -2.23. The van der Waals surface area contributed by atoms with Crippen LogP contribution in [0.3, 0.4) is 0 Å². The van der Waals surface area contributed by atoms with Crippen molar-refractivity contribution in [3.8, 4) is 11.1 Å². The van der Waals surface area contributed by atoms with Gasteiger partial charge in [0, 0.05) is 44.6 Å². The molecule has 40 heavy (non-hydrogen) atoms. The summed E-state index contributed by atoms with van der Waals surface area (Å²) in [6.45, 7) is 9.04. The molecule has 0 radical (unpaired) electrons. The van der Waals surface area contributed by atoms with Gasteiger partial charge in [0.1, 0.15) is 5.84 Å². The minimum atomic E-state index is -0.183. The summed E-state index contributed by atoms with van der Waals surface area (Å²) in [6.07, 6.45) is 12.0. The number of methoxy groups -OCH3 is 1. The molecule has 1 aliphatic carbocycles. The maximum Gasteiger partial charge on any atom is 0.305 e. The molecule has 2 aromatic rings. The molecule has 0 aromatic heterocycles. The van der Waals surface area contributed by atoms with Gasteiger partial charge in [-0.2, -0.15) is 0 Å². The van der Waals surface area contributed by atoms with Gasteiger partial charge in [-0.3, -0.25) is 4.79 Å². The van der Waals surface area contributed by atoms with Gasteiger partial charge in [-0.25, -0.2) is 4.99 Å². The topological polar surface area (TPSA) is 51.1 Å². The summed E-state index contributed by atoms with van der Waals surface area (Å²) in [5.41, 5.74) is 9.47. The fourth-order valence-electron chi connectivity index (χ4n) is 4.61. The second-order valence-electron chi connectivity index (χ2n) is 10.4. The van der Waals surface area contributed by atoms with Crippen LogP contribution in [0, 0.1) is 13.8 Å². The minimum Gasteiger partial charge on any atom is -0.497 e. The summed E-state index contributed by atoms with van der Waals surface area (Å²) in [5.74, 6) is 1.70. The van der Waals surface area contributed by atoms with E-state index < -0.39 is 0 Å². The molecule has 3 rings (SSSR count). The molecule has 0 saturated carbocycles. The third kappa shape index (κ3) is 8.84. The third-order valence-electron chi connectivity index (χ3n) is 7.13. The number of aryl methyl sites for hydroxylation is 2. The van der Waals surface area contributed by atoms with Crippen molar-refractivity contribution in [1.82, 2.24) is 4.90 Å². The second-order valence-corrected chi connectivity index (χ2v) is 10.4. The maximum atomic E-state index is 11.6. The van der Waals surface area contributed by atoms with E-state index in [4.69, 9.17) is 14.5 Å². The van der Waals surface area contributed by atoms with Crippen LogP contribution < -0.4 is 0 Å². The number of esters is 1. The Morgan fingerprint density at radius 3 is 2.40 bits per heavy atom. The van der Waals surface area contributed by atoms with E-state index in [2.05, 4.69) is 92.4 Å². The highest BCUT2D eigenvalue weighted by molar-refractivity contribution is 5.99. The summed E-state index contributed by atoms with van der Waals surface area (Å²) >= 11 is 0. The Morgan fingerprint density at radius 1 is 1.02 bits per heavy atom. The first-order valence-electron chi connectivity index (χ1n) is 14.1. The lowest BCUT2D eigenvalue weighted by molar-refractivity contribution is -0.140. The highest BCUT2D eigenvalue weighted by Crippen LogP contribution is 2.25. The molecule has 0 amide bonds. The Bertz CT molecular complexity index is 1320. The summed E-state index contributed by atoms with van der Waals surface area (Å²) in [6, 6.07) is 15.2. The lowest BCUT2D eigenvalue weighted by Gasteiger charge is -2.17. The van der Waals surface area contributed by atoms with Gasteiger partial charge >= 0.3 is 5.97 Å². The normalized spacial score (nSPS) is 14.1. The van der Waals surface area contributed by atoms with Gasteiger partial charge < -0.3 is 14.4 Å². The molecule has 0 bridgehead atoms. The molecule has 0 atom stereocenters. The van der Waals surface area contributed by atoms with Gasteiger partial charge in [-0.05, 0) is 73.1 Å². The van der Waals surface area contributed by atoms with Crippen molar-refractivity contribution in [1.29, 1.82) is 0 Å². The predicted octanol–water partition coefficient (Wildman–Crippen LogP) is 8.09. The first-order chi connectivity index (χ1) is 19.2. The highest BCUT2D eigenvalue weighted by atomic mass is 16.5. The van der Waals surface area contributed by atoms with Gasteiger partial charge in [0.2, 0.25) is 0 Å². The molecule has 5 heteroatoms. The molecule has 5 nitrogen and oxygen atoms in total. The average Bonchev–Trinajstić information content (AvgIpc) is 3.15. The molecule has 0 spiro atoms. The number of amidine groups is 1. The van der Waals surface area contributed by atoms with Crippen LogP contribution in [-0.4, -0.2) is 44.5 Å². The van der Waals surface area contributed by atoms with Gasteiger partial charge in [-0.15, -0.1) is 0 Å². The van der Waals surface area contributed by atoms with E-state index in [1.54, 1.807) is 0 Å². The second kappa shape index (κ2) is 15.1. The van der Waals surface area contributed by atoms with Gasteiger partial charge in [-0.1, -0.05) is 67.6 Å². The van der Waals surface area contributed by atoms with Gasteiger partial charge in [0.05, 0.1) is 19.5 Å². The van der Waals surface area contributed by atoms with Crippen LogP contribution in [0.2, 0.25) is 0 Å². The summed E-state index contributed by atoms with van der Waals surface area (Å²) < 4.78 is 10.9. The number of allylic oxidation sites excluding steroid dienone is 6. The number of carbonyl (C=O) groups is 1. The molecular weight excluding hydrogens is 496 g/mol. The number of hydrogen-bond acceptors (Lipinski definition) is 4. The predicted molar refractivity (Wildman–Crippen MR) is 166 cm³/mol. The van der Waals surface area contributed by atoms with Crippen LogP contribution in [0.1, 0.15) is 62.6 Å². The quantitative estimate of drug-likeness (QED) is 0.125. The largest absolute Gasteiger partial charge is 0.497 e. The molecule has 0 fully saturated rings. The van der Waals surface area contributed by atoms with Crippen molar-refractivity contribution >= 4 is 11.8 Å². The molecule has 212 valence electrons. The molecular formula is C35H44N2O3. The first kappa shape index (κ1) is 30.7. The standard InChI is InChI=1S/C35H44N2O3/c1-8-28-24-33(13-9-12-29(28)20-21-34(38)39-7)40-22-10-11-27(4)36-35(37(5)6)31-18-16-30(17-19-31)32-15-14-25(2)26(3)23-32/h9,11-12,14-19,23-24H,8,10,13,20-22H2,1-7H3/b27-11+,36-35?. The molecule has 0 unspecified atom stereocenters. The van der Waals surface area contributed by atoms with E-state index in [9.17, 15) is 4.79 Å². The van der Waals surface area contributed by atoms with Crippen molar-refractivity contribution in [3.05, 3.63) is 106 Å². The number of hydrogen-bond donors (Lipinski definition) is 0. The SMILES string of the molecule is CCC1=C(CCC(=O)OC)C=CCC(OCC/C=C(\C)N=C(c2ccc(-c3ccc(C)c(C)c3)cc2)N(C)C)=C1. The third-order valence-corrected chi connectivity index (χ3v) is 7.13. The van der Waals surface area contributed by atoms with Crippen LogP contribution in [0.15, 0.2) is 94.4 Å². The molecule has 0 aliphatic heterocycles. The fraction of sp³-hybridized carbons (Fsp3) is 0.371. The summed E-state index contributed by atoms with van der Waals surface area (Å²) in [7, 11) is 5.48. The Balaban J connectivity index is 1.63. The van der Waals surface area contributed by atoms with Crippen molar-refractivity contribution in [2.75, 3.05) is 27.8 Å². The zero-order valence-corrected chi connectivity index (χ0v) is 25.2. The maximum absolute atomic E-state index is 11.6. The van der Waals surface area contributed by atoms with Crippen molar-refractivity contribution in [2.24, 2.45) is 4.99 Å². The lowest BCUT2D eigenvalue weighted by atomic mass is 9.99.